The average molecular weight is 433 g/mol. The first kappa shape index (κ1) is 21.6. The van der Waals surface area contributed by atoms with Crippen LogP contribution < -0.4 is 10.1 Å². The summed E-state index contributed by atoms with van der Waals surface area (Å²) in [6, 6.07) is 26.3. The summed E-state index contributed by atoms with van der Waals surface area (Å²) in [6.07, 6.45) is 0. The summed E-state index contributed by atoms with van der Waals surface area (Å²) >= 11 is 1.71. The van der Waals surface area contributed by atoms with E-state index in [0.717, 1.165) is 41.6 Å². The van der Waals surface area contributed by atoms with Crippen LogP contribution in [0.2, 0.25) is 0 Å². The molecule has 0 saturated carbocycles. The van der Waals surface area contributed by atoms with Crippen LogP contribution in [0.5, 0.6) is 5.75 Å². The minimum Gasteiger partial charge on any atom is -0.497 e. The van der Waals surface area contributed by atoms with E-state index in [9.17, 15) is 4.79 Å². The number of rotatable bonds is 8. The fourth-order valence-corrected chi connectivity index (χ4v) is 4.88. The third kappa shape index (κ3) is 5.56. The largest absolute Gasteiger partial charge is 0.497 e. The molecule has 5 heteroatoms. The quantitative estimate of drug-likeness (QED) is 0.415. The molecule has 0 aliphatic carbocycles. The number of carbonyl (C=O) groups excluding carboxylic acids is 1. The lowest BCUT2D eigenvalue weighted by Gasteiger charge is -2.35. The van der Waals surface area contributed by atoms with Gasteiger partial charge in [-0.15, -0.1) is 11.8 Å². The standard InChI is InChI=1S/C26H28N2O2S/c1-30-22-13-11-21(12-14-22)19-31-25-10-6-5-9-23(25)26(29)24-17-27-15-16-28(24)18-20-7-3-2-4-8-20/h2-14,24,27H,15-19H2,1H3. The van der Waals surface area contributed by atoms with Crippen LogP contribution in [0.4, 0.5) is 0 Å². The normalized spacial score (nSPS) is 16.7. The number of Topliss-reactive ketones (excluding diaryl/α,β-unsaturated/α-hetero) is 1. The smallest absolute Gasteiger partial charge is 0.182 e. The fourth-order valence-electron chi connectivity index (χ4n) is 3.87. The average Bonchev–Trinajstić information content (AvgIpc) is 2.84. The third-order valence-corrected chi connectivity index (χ3v) is 6.74. The van der Waals surface area contributed by atoms with E-state index in [4.69, 9.17) is 4.74 Å². The summed E-state index contributed by atoms with van der Waals surface area (Å²) in [5, 5.41) is 3.41. The van der Waals surface area contributed by atoms with E-state index >= 15 is 0 Å². The van der Waals surface area contributed by atoms with Gasteiger partial charge in [0.15, 0.2) is 5.78 Å². The van der Waals surface area contributed by atoms with Crippen LogP contribution in [0, 0.1) is 0 Å². The van der Waals surface area contributed by atoms with Crippen molar-refractivity contribution in [2.45, 2.75) is 23.2 Å². The van der Waals surface area contributed by atoms with Crippen LogP contribution >= 0.6 is 11.8 Å². The van der Waals surface area contributed by atoms with E-state index in [1.54, 1.807) is 18.9 Å². The maximum atomic E-state index is 13.6. The number of methoxy groups -OCH3 is 1. The van der Waals surface area contributed by atoms with Crippen molar-refractivity contribution in [1.29, 1.82) is 0 Å². The van der Waals surface area contributed by atoms with Crippen LogP contribution in [0.25, 0.3) is 0 Å². The Morgan fingerprint density at radius 3 is 2.52 bits per heavy atom. The van der Waals surface area contributed by atoms with Crippen molar-refractivity contribution in [2.75, 3.05) is 26.7 Å². The highest BCUT2D eigenvalue weighted by atomic mass is 32.2. The highest BCUT2D eigenvalue weighted by molar-refractivity contribution is 7.98. The molecule has 4 nitrogen and oxygen atoms in total. The fraction of sp³-hybridized carbons (Fsp3) is 0.269. The summed E-state index contributed by atoms with van der Waals surface area (Å²) in [5.74, 6) is 1.86. The van der Waals surface area contributed by atoms with Gasteiger partial charge >= 0.3 is 0 Å². The Labute approximate surface area is 188 Å². The number of nitrogens with zero attached hydrogens (tertiary/aromatic N) is 1. The second-order valence-corrected chi connectivity index (χ2v) is 8.69. The molecule has 1 atom stereocenters. The molecule has 3 aromatic carbocycles. The number of benzene rings is 3. The van der Waals surface area contributed by atoms with Crippen molar-refractivity contribution < 1.29 is 9.53 Å². The molecule has 160 valence electrons. The molecular formula is C26H28N2O2S. The minimum atomic E-state index is -0.156. The highest BCUT2D eigenvalue weighted by Gasteiger charge is 2.30. The summed E-state index contributed by atoms with van der Waals surface area (Å²) in [6.45, 7) is 3.25. The van der Waals surface area contributed by atoms with Crippen LogP contribution in [-0.2, 0) is 12.3 Å². The molecule has 1 saturated heterocycles. The van der Waals surface area contributed by atoms with Gasteiger partial charge in [-0.3, -0.25) is 9.69 Å². The first-order valence-corrected chi connectivity index (χ1v) is 11.6. The molecule has 1 fully saturated rings. The zero-order valence-electron chi connectivity index (χ0n) is 17.8. The molecule has 1 aliphatic rings. The van der Waals surface area contributed by atoms with Gasteiger partial charge in [0.2, 0.25) is 0 Å². The molecule has 1 N–H and O–H groups in total. The van der Waals surface area contributed by atoms with Gasteiger partial charge in [0.05, 0.1) is 13.2 Å². The van der Waals surface area contributed by atoms with E-state index in [-0.39, 0.29) is 11.8 Å². The Balaban J connectivity index is 1.49. The molecule has 1 aliphatic heterocycles. The van der Waals surface area contributed by atoms with Gasteiger partial charge in [-0.25, -0.2) is 0 Å². The molecule has 3 aromatic rings. The lowest BCUT2D eigenvalue weighted by molar-refractivity contribution is 0.0755. The molecule has 0 spiro atoms. The maximum Gasteiger partial charge on any atom is 0.182 e. The number of ketones is 1. The predicted octanol–water partition coefficient (Wildman–Crippen LogP) is 4.64. The summed E-state index contributed by atoms with van der Waals surface area (Å²) in [4.78, 5) is 16.9. The number of nitrogens with one attached hydrogen (secondary N) is 1. The molecule has 0 bridgehead atoms. The lowest BCUT2D eigenvalue weighted by atomic mass is 10.0. The van der Waals surface area contributed by atoms with Gasteiger partial charge in [0.25, 0.3) is 0 Å². The topological polar surface area (TPSA) is 41.6 Å². The van der Waals surface area contributed by atoms with E-state index in [1.165, 1.54) is 11.1 Å². The number of hydrogen-bond acceptors (Lipinski definition) is 5. The van der Waals surface area contributed by atoms with Crippen molar-refractivity contribution >= 4 is 17.5 Å². The lowest BCUT2D eigenvalue weighted by Crippen LogP contribution is -2.54. The summed E-state index contributed by atoms with van der Waals surface area (Å²) in [7, 11) is 1.67. The van der Waals surface area contributed by atoms with Crippen molar-refractivity contribution in [2.24, 2.45) is 0 Å². The zero-order chi connectivity index (χ0) is 21.5. The molecule has 1 unspecified atom stereocenters. The van der Waals surface area contributed by atoms with Crippen molar-refractivity contribution in [3.05, 3.63) is 95.6 Å². The van der Waals surface area contributed by atoms with Crippen molar-refractivity contribution in [3.63, 3.8) is 0 Å². The monoisotopic (exact) mass is 432 g/mol. The molecule has 31 heavy (non-hydrogen) atoms. The highest BCUT2D eigenvalue weighted by Crippen LogP contribution is 2.29. The number of ether oxygens (including phenoxy) is 1. The molecular weight excluding hydrogens is 404 g/mol. The van der Waals surface area contributed by atoms with E-state index in [1.807, 2.05) is 36.4 Å². The van der Waals surface area contributed by atoms with Gasteiger partial charge in [-0.05, 0) is 29.3 Å². The number of piperazine rings is 1. The Bertz CT molecular complexity index is 992. The third-order valence-electron chi connectivity index (χ3n) is 5.59. The Morgan fingerprint density at radius 1 is 1.00 bits per heavy atom. The Morgan fingerprint density at radius 2 is 1.74 bits per heavy atom. The van der Waals surface area contributed by atoms with E-state index < -0.39 is 0 Å². The van der Waals surface area contributed by atoms with E-state index in [0.29, 0.717) is 6.54 Å². The first-order valence-electron chi connectivity index (χ1n) is 10.6. The van der Waals surface area contributed by atoms with Crippen molar-refractivity contribution in [1.82, 2.24) is 10.2 Å². The van der Waals surface area contributed by atoms with Gasteiger partial charge in [0.1, 0.15) is 5.75 Å². The second kappa shape index (κ2) is 10.6. The summed E-state index contributed by atoms with van der Waals surface area (Å²) < 4.78 is 5.24. The van der Waals surface area contributed by atoms with Crippen LogP contribution in [0.3, 0.4) is 0 Å². The number of hydrogen-bond donors (Lipinski definition) is 1. The van der Waals surface area contributed by atoms with Gasteiger partial charge in [-0.2, -0.15) is 0 Å². The molecule has 0 aromatic heterocycles. The Hall–Kier alpha value is -2.60. The van der Waals surface area contributed by atoms with Gasteiger partial charge in [0, 0.05) is 42.4 Å². The predicted molar refractivity (Wildman–Crippen MR) is 127 cm³/mol. The SMILES string of the molecule is COc1ccc(CSc2ccccc2C(=O)C2CNCCN2Cc2ccccc2)cc1. The van der Waals surface area contributed by atoms with Gasteiger partial charge in [-0.1, -0.05) is 60.7 Å². The molecule has 0 radical (unpaired) electrons. The maximum absolute atomic E-state index is 13.6. The Kier molecular flexibility index (Phi) is 7.41. The van der Waals surface area contributed by atoms with Crippen LogP contribution in [0.1, 0.15) is 21.5 Å². The van der Waals surface area contributed by atoms with E-state index in [2.05, 4.69) is 52.7 Å². The number of thioether (sulfide) groups is 1. The minimum absolute atomic E-state index is 0.156. The second-order valence-electron chi connectivity index (χ2n) is 7.67. The molecule has 0 amide bonds. The number of carbonyl (C=O) groups is 1. The zero-order valence-corrected chi connectivity index (χ0v) is 18.6. The van der Waals surface area contributed by atoms with Crippen LogP contribution in [-0.4, -0.2) is 43.5 Å². The summed E-state index contributed by atoms with van der Waals surface area (Å²) in [5.41, 5.74) is 3.26. The van der Waals surface area contributed by atoms with Crippen LogP contribution in [0.15, 0.2) is 83.8 Å². The molecule has 1 heterocycles. The molecule has 4 rings (SSSR count). The van der Waals surface area contributed by atoms with Crippen molar-refractivity contribution in [3.8, 4) is 5.75 Å². The first-order chi connectivity index (χ1) is 15.2. The van der Waals surface area contributed by atoms with Gasteiger partial charge < -0.3 is 10.1 Å².